The quantitative estimate of drug-likeness (QED) is 0.504. The van der Waals surface area contributed by atoms with Crippen molar-refractivity contribution in [3.63, 3.8) is 0 Å². The van der Waals surface area contributed by atoms with Gasteiger partial charge in [-0.2, -0.15) is 0 Å². The topological polar surface area (TPSA) is 76.7 Å². The van der Waals surface area contributed by atoms with Crippen LogP contribution in [0.15, 0.2) is 47.1 Å². The molecule has 0 unspecified atom stereocenters. The minimum absolute atomic E-state index is 0.276. The first kappa shape index (κ1) is 16.1. The summed E-state index contributed by atoms with van der Waals surface area (Å²) in [7, 11) is 0. The van der Waals surface area contributed by atoms with Crippen LogP contribution in [0.4, 0.5) is 11.5 Å². The fourth-order valence-electron chi connectivity index (χ4n) is 2.28. The van der Waals surface area contributed by atoms with Gasteiger partial charge < -0.3 is 5.32 Å². The third-order valence-corrected chi connectivity index (χ3v) is 4.49. The number of halogens is 3. The van der Waals surface area contributed by atoms with E-state index in [4.69, 9.17) is 39.4 Å². The van der Waals surface area contributed by atoms with Crippen molar-refractivity contribution in [3.05, 3.63) is 57.5 Å². The van der Waals surface area contributed by atoms with E-state index in [0.29, 0.717) is 37.8 Å². The molecular formula is C16H8Cl3N5O. The Labute approximate surface area is 156 Å². The molecule has 1 N–H and O–H groups in total. The SMILES string of the molecule is Clc1ccc(Nc2nc3nonc3nc2-c2ccccc2Cl)cc1Cl. The fourth-order valence-corrected chi connectivity index (χ4v) is 2.80. The first-order chi connectivity index (χ1) is 12.1. The monoisotopic (exact) mass is 391 g/mol. The number of rotatable bonds is 3. The van der Waals surface area contributed by atoms with Gasteiger partial charge in [0.15, 0.2) is 5.82 Å². The Morgan fingerprint density at radius 2 is 1.56 bits per heavy atom. The third-order valence-electron chi connectivity index (χ3n) is 3.43. The minimum Gasteiger partial charge on any atom is -0.338 e. The molecule has 0 aliphatic heterocycles. The van der Waals surface area contributed by atoms with Gasteiger partial charge in [-0.15, -0.1) is 0 Å². The largest absolute Gasteiger partial charge is 0.338 e. The summed E-state index contributed by atoms with van der Waals surface area (Å²) in [4.78, 5) is 8.89. The van der Waals surface area contributed by atoms with Crippen LogP contribution in [0.25, 0.3) is 22.6 Å². The zero-order chi connectivity index (χ0) is 17.4. The fraction of sp³-hybridized carbons (Fsp3) is 0. The van der Waals surface area contributed by atoms with Crippen LogP contribution in [0.3, 0.4) is 0 Å². The Hall–Kier alpha value is -2.41. The summed E-state index contributed by atoms with van der Waals surface area (Å²) in [5.74, 6) is 0.440. The molecule has 0 fully saturated rings. The summed E-state index contributed by atoms with van der Waals surface area (Å²) >= 11 is 18.3. The molecule has 0 amide bonds. The van der Waals surface area contributed by atoms with E-state index in [1.54, 1.807) is 24.3 Å². The summed E-state index contributed by atoms with van der Waals surface area (Å²) in [6, 6.07) is 12.5. The molecule has 0 radical (unpaired) electrons. The van der Waals surface area contributed by atoms with Crippen molar-refractivity contribution in [2.24, 2.45) is 0 Å². The van der Waals surface area contributed by atoms with Crippen LogP contribution in [-0.2, 0) is 0 Å². The highest BCUT2D eigenvalue weighted by molar-refractivity contribution is 6.42. The Bertz CT molecular complexity index is 1080. The minimum atomic E-state index is 0.276. The van der Waals surface area contributed by atoms with Gasteiger partial charge in [0.25, 0.3) is 0 Å². The van der Waals surface area contributed by atoms with Crippen LogP contribution >= 0.6 is 34.8 Å². The third kappa shape index (κ3) is 3.11. The number of benzene rings is 2. The first-order valence-corrected chi connectivity index (χ1v) is 8.22. The predicted octanol–water partition coefficient (Wildman–Crippen LogP) is 5.38. The van der Waals surface area contributed by atoms with Crippen LogP contribution in [0.2, 0.25) is 15.1 Å². The number of hydrogen-bond donors (Lipinski definition) is 1. The van der Waals surface area contributed by atoms with Gasteiger partial charge in [0.1, 0.15) is 5.69 Å². The van der Waals surface area contributed by atoms with E-state index >= 15 is 0 Å². The normalized spacial score (nSPS) is 11.0. The molecule has 124 valence electrons. The highest BCUT2D eigenvalue weighted by Gasteiger charge is 2.17. The summed E-state index contributed by atoms with van der Waals surface area (Å²) < 4.78 is 4.70. The van der Waals surface area contributed by atoms with Gasteiger partial charge in [-0.25, -0.2) is 14.6 Å². The lowest BCUT2D eigenvalue weighted by molar-refractivity contribution is 0.314. The van der Waals surface area contributed by atoms with Gasteiger partial charge >= 0.3 is 0 Å². The number of nitrogens with zero attached hydrogens (tertiary/aromatic N) is 4. The second-order valence-corrected chi connectivity index (χ2v) is 6.29. The zero-order valence-electron chi connectivity index (χ0n) is 12.4. The number of aromatic nitrogens is 4. The number of fused-ring (bicyclic) bond motifs is 1. The summed E-state index contributed by atoms with van der Waals surface area (Å²) in [5.41, 5.74) is 2.46. The van der Waals surface area contributed by atoms with E-state index in [1.165, 1.54) is 0 Å². The van der Waals surface area contributed by atoms with E-state index in [2.05, 4.69) is 25.6 Å². The molecule has 25 heavy (non-hydrogen) atoms. The molecule has 0 spiro atoms. The zero-order valence-corrected chi connectivity index (χ0v) is 14.6. The van der Waals surface area contributed by atoms with Gasteiger partial charge in [0, 0.05) is 11.3 Å². The maximum absolute atomic E-state index is 6.31. The molecule has 2 heterocycles. The van der Waals surface area contributed by atoms with Crippen molar-refractivity contribution >= 4 is 57.6 Å². The van der Waals surface area contributed by atoms with E-state index in [1.807, 2.05) is 18.2 Å². The van der Waals surface area contributed by atoms with Crippen LogP contribution in [0, 0.1) is 0 Å². The molecule has 4 aromatic rings. The van der Waals surface area contributed by atoms with E-state index < -0.39 is 0 Å². The Balaban J connectivity index is 1.87. The van der Waals surface area contributed by atoms with Gasteiger partial charge in [-0.1, -0.05) is 53.0 Å². The molecular weight excluding hydrogens is 385 g/mol. The summed E-state index contributed by atoms with van der Waals surface area (Å²) in [6.45, 7) is 0. The lowest BCUT2D eigenvalue weighted by Crippen LogP contribution is -2.00. The number of anilines is 2. The lowest BCUT2D eigenvalue weighted by Gasteiger charge is -2.11. The molecule has 0 aliphatic rings. The van der Waals surface area contributed by atoms with Crippen molar-refractivity contribution in [2.75, 3.05) is 5.32 Å². The van der Waals surface area contributed by atoms with Crippen molar-refractivity contribution in [3.8, 4) is 11.3 Å². The number of nitrogens with one attached hydrogen (secondary N) is 1. The van der Waals surface area contributed by atoms with Crippen molar-refractivity contribution in [2.45, 2.75) is 0 Å². The molecule has 2 aromatic heterocycles. The van der Waals surface area contributed by atoms with Gasteiger partial charge in [-0.3, -0.25) is 0 Å². The Morgan fingerprint density at radius 3 is 2.32 bits per heavy atom. The summed E-state index contributed by atoms with van der Waals surface area (Å²) in [6.07, 6.45) is 0. The highest BCUT2D eigenvalue weighted by Crippen LogP contribution is 2.34. The molecule has 0 aliphatic carbocycles. The van der Waals surface area contributed by atoms with E-state index in [9.17, 15) is 0 Å². The molecule has 0 saturated heterocycles. The van der Waals surface area contributed by atoms with Crippen LogP contribution in [-0.4, -0.2) is 20.3 Å². The molecule has 9 heteroatoms. The molecule has 4 rings (SSSR count). The number of hydrogen-bond acceptors (Lipinski definition) is 6. The van der Waals surface area contributed by atoms with E-state index in [-0.39, 0.29) is 11.3 Å². The predicted molar refractivity (Wildman–Crippen MR) is 97.6 cm³/mol. The van der Waals surface area contributed by atoms with Gasteiger partial charge in [-0.05, 0) is 34.6 Å². The van der Waals surface area contributed by atoms with Crippen molar-refractivity contribution in [1.29, 1.82) is 0 Å². The maximum Gasteiger partial charge on any atom is 0.245 e. The molecule has 2 aromatic carbocycles. The van der Waals surface area contributed by atoms with Gasteiger partial charge in [0.05, 0.1) is 15.1 Å². The second-order valence-electron chi connectivity index (χ2n) is 5.07. The van der Waals surface area contributed by atoms with Gasteiger partial charge in [0.2, 0.25) is 11.3 Å². The Kier molecular flexibility index (Phi) is 4.17. The van der Waals surface area contributed by atoms with E-state index in [0.717, 1.165) is 0 Å². The van der Waals surface area contributed by atoms with Crippen molar-refractivity contribution in [1.82, 2.24) is 20.3 Å². The van der Waals surface area contributed by atoms with Crippen LogP contribution in [0.1, 0.15) is 0 Å². The Morgan fingerprint density at radius 1 is 0.800 bits per heavy atom. The highest BCUT2D eigenvalue weighted by atomic mass is 35.5. The average molecular weight is 393 g/mol. The molecule has 0 atom stereocenters. The summed E-state index contributed by atoms with van der Waals surface area (Å²) in [5, 5.41) is 12.0. The lowest BCUT2D eigenvalue weighted by atomic mass is 10.1. The first-order valence-electron chi connectivity index (χ1n) is 7.09. The smallest absolute Gasteiger partial charge is 0.245 e. The van der Waals surface area contributed by atoms with Crippen molar-refractivity contribution < 1.29 is 4.63 Å². The molecule has 0 saturated carbocycles. The maximum atomic E-state index is 6.31. The average Bonchev–Trinajstić information content (AvgIpc) is 3.05. The molecule has 0 bridgehead atoms. The second kappa shape index (κ2) is 6.48. The molecule has 6 nitrogen and oxygen atoms in total. The van der Waals surface area contributed by atoms with Crippen LogP contribution < -0.4 is 5.32 Å². The van der Waals surface area contributed by atoms with Crippen LogP contribution in [0.5, 0.6) is 0 Å². The standard InChI is InChI=1S/C16H8Cl3N5O/c17-10-4-2-1-3-9(10)13-14(22-16-15(21-13)23-25-24-16)20-8-5-6-11(18)12(19)7-8/h1-7H,(H,20,22,24).